The fourth-order valence-electron chi connectivity index (χ4n) is 2.58. The van der Waals surface area contributed by atoms with Crippen LogP contribution in [-0.2, 0) is 26.2 Å². The van der Waals surface area contributed by atoms with Crippen LogP contribution in [-0.4, -0.2) is 36.5 Å². The Morgan fingerprint density at radius 2 is 2.30 bits per heavy atom. The van der Waals surface area contributed by atoms with Crippen molar-refractivity contribution in [3.8, 4) is 0 Å². The summed E-state index contributed by atoms with van der Waals surface area (Å²) in [6.45, 7) is 5.31. The summed E-state index contributed by atoms with van der Waals surface area (Å²) in [5.74, 6) is 0. The molecule has 0 unspecified atom stereocenters. The molecule has 3 heterocycles. The SMILES string of the molecule is Cc1[nH]nc(CN2CCCn3nc(CO)cc3C2)c1Cl. The van der Waals surface area contributed by atoms with E-state index in [1.165, 1.54) is 0 Å². The molecule has 1 aliphatic rings. The lowest BCUT2D eigenvalue weighted by atomic mass is 10.3. The molecule has 108 valence electrons. The Balaban J connectivity index is 1.76. The molecule has 0 aromatic carbocycles. The highest BCUT2D eigenvalue weighted by Crippen LogP contribution is 2.21. The van der Waals surface area contributed by atoms with Crippen LogP contribution in [0.2, 0.25) is 5.02 Å². The number of hydrogen-bond acceptors (Lipinski definition) is 4. The summed E-state index contributed by atoms with van der Waals surface area (Å²) >= 11 is 6.22. The molecule has 0 fully saturated rings. The van der Waals surface area contributed by atoms with Crippen LogP contribution < -0.4 is 0 Å². The van der Waals surface area contributed by atoms with Crippen molar-refractivity contribution in [2.75, 3.05) is 6.54 Å². The van der Waals surface area contributed by atoms with E-state index in [-0.39, 0.29) is 6.61 Å². The van der Waals surface area contributed by atoms with Crippen molar-refractivity contribution in [1.82, 2.24) is 24.9 Å². The first kappa shape index (κ1) is 13.6. The molecule has 0 saturated carbocycles. The maximum absolute atomic E-state index is 9.18. The number of H-pyrrole nitrogens is 1. The minimum Gasteiger partial charge on any atom is -0.390 e. The quantitative estimate of drug-likeness (QED) is 0.899. The van der Waals surface area contributed by atoms with Gasteiger partial charge < -0.3 is 5.11 Å². The first-order chi connectivity index (χ1) is 9.67. The number of rotatable bonds is 3. The molecule has 0 aliphatic carbocycles. The van der Waals surface area contributed by atoms with E-state index in [0.29, 0.717) is 0 Å². The van der Waals surface area contributed by atoms with Crippen LogP contribution in [0.3, 0.4) is 0 Å². The van der Waals surface area contributed by atoms with Gasteiger partial charge in [0.25, 0.3) is 0 Å². The highest BCUT2D eigenvalue weighted by Gasteiger charge is 2.19. The van der Waals surface area contributed by atoms with Gasteiger partial charge in [0.05, 0.1) is 34.4 Å². The fraction of sp³-hybridized carbons (Fsp3) is 0.538. The number of aromatic amines is 1. The van der Waals surface area contributed by atoms with E-state index in [1.54, 1.807) is 0 Å². The number of aryl methyl sites for hydroxylation is 2. The zero-order valence-electron chi connectivity index (χ0n) is 11.4. The van der Waals surface area contributed by atoms with Crippen molar-refractivity contribution in [3.63, 3.8) is 0 Å². The van der Waals surface area contributed by atoms with Crippen LogP contribution in [0.15, 0.2) is 6.07 Å². The summed E-state index contributed by atoms with van der Waals surface area (Å²) in [6.07, 6.45) is 1.03. The van der Waals surface area contributed by atoms with E-state index in [4.69, 9.17) is 11.6 Å². The van der Waals surface area contributed by atoms with Gasteiger partial charge in [-0.25, -0.2) is 0 Å². The number of aliphatic hydroxyl groups excluding tert-OH is 1. The number of nitrogens with one attached hydrogen (secondary N) is 1. The Morgan fingerprint density at radius 3 is 3.00 bits per heavy atom. The largest absolute Gasteiger partial charge is 0.390 e. The van der Waals surface area contributed by atoms with E-state index in [0.717, 1.165) is 60.4 Å². The minimum atomic E-state index is -0.00953. The average molecular weight is 296 g/mol. The van der Waals surface area contributed by atoms with Crippen LogP contribution >= 0.6 is 11.6 Å². The molecule has 0 amide bonds. The molecule has 7 heteroatoms. The molecule has 1 aliphatic heterocycles. The van der Waals surface area contributed by atoms with Crippen LogP contribution in [0.25, 0.3) is 0 Å². The maximum atomic E-state index is 9.18. The van der Waals surface area contributed by atoms with Gasteiger partial charge >= 0.3 is 0 Å². The Bertz CT molecular complexity index is 606. The average Bonchev–Trinajstić information content (AvgIpc) is 2.91. The van der Waals surface area contributed by atoms with Gasteiger partial charge in [0, 0.05) is 26.2 Å². The lowest BCUT2D eigenvalue weighted by Gasteiger charge is -2.18. The van der Waals surface area contributed by atoms with Gasteiger partial charge in [-0.2, -0.15) is 10.2 Å². The minimum absolute atomic E-state index is 0.00953. The molecular weight excluding hydrogens is 278 g/mol. The van der Waals surface area contributed by atoms with Gasteiger partial charge in [-0.15, -0.1) is 0 Å². The van der Waals surface area contributed by atoms with Gasteiger partial charge in [-0.05, 0) is 19.4 Å². The summed E-state index contributed by atoms with van der Waals surface area (Å²) in [6, 6.07) is 1.97. The molecular formula is C13H18ClN5O. The number of nitrogens with zero attached hydrogens (tertiary/aromatic N) is 4. The van der Waals surface area contributed by atoms with Gasteiger partial charge in [0.2, 0.25) is 0 Å². The molecule has 6 nitrogen and oxygen atoms in total. The van der Waals surface area contributed by atoms with Crippen molar-refractivity contribution in [1.29, 1.82) is 0 Å². The highest BCUT2D eigenvalue weighted by atomic mass is 35.5. The van der Waals surface area contributed by atoms with E-state index in [1.807, 2.05) is 17.7 Å². The predicted molar refractivity (Wildman–Crippen MR) is 75.2 cm³/mol. The van der Waals surface area contributed by atoms with Gasteiger partial charge in [-0.3, -0.25) is 14.7 Å². The third kappa shape index (κ3) is 2.59. The molecule has 2 N–H and O–H groups in total. The zero-order valence-corrected chi connectivity index (χ0v) is 12.2. The Kier molecular flexibility index (Phi) is 3.78. The third-order valence-electron chi connectivity index (χ3n) is 3.62. The van der Waals surface area contributed by atoms with Crippen molar-refractivity contribution < 1.29 is 5.11 Å². The normalized spacial score (nSPS) is 16.1. The second-order valence-corrected chi connectivity index (χ2v) is 5.56. The fourth-order valence-corrected chi connectivity index (χ4v) is 2.73. The van der Waals surface area contributed by atoms with Gasteiger partial charge in [0.1, 0.15) is 0 Å². The molecule has 0 spiro atoms. The van der Waals surface area contributed by atoms with Gasteiger partial charge in [0.15, 0.2) is 0 Å². The molecule has 3 rings (SSSR count). The Hall–Kier alpha value is -1.37. The van der Waals surface area contributed by atoms with Crippen LogP contribution in [0.1, 0.15) is 29.2 Å². The molecule has 0 saturated heterocycles. The van der Waals surface area contributed by atoms with Gasteiger partial charge in [-0.1, -0.05) is 11.6 Å². The van der Waals surface area contributed by atoms with Crippen LogP contribution in [0.5, 0.6) is 0 Å². The first-order valence-corrected chi connectivity index (χ1v) is 7.13. The second-order valence-electron chi connectivity index (χ2n) is 5.18. The number of aliphatic hydroxyl groups is 1. The smallest absolute Gasteiger partial charge is 0.0951 e. The summed E-state index contributed by atoms with van der Waals surface area (Å²) in [4.78, 5) is 2.31. The molecule has 2 aromatic rings. The lowest BCUT2D eigenvalue weighted by molar-refractivity contribution is 0.257. The van der Waals surface area contributed by atoms with Crippen molar-refractivity contribution >= 4 is 11.6 Å². The molecule has 0 atom stereocenters. The molecule has 0 bridgehead atoms. The first-order valence-electron chi connectivity index (χ1n) is 6.75. The van der Waals surface area contributed by atoms with E-state index >= 15 is 0 Å². The van der Waals surface area contributed by atoms with Crippen molar-refractivity contribution in [3.05, 3.63) is 33.9 Å². The maximum Gasteiger partial charge on any atom is 0.0951 e. The van der Waals surface area contributed by atoms with E-state index < -0.39 is 0 Å². The lowest BCUT2D eigenvalue weighted by Crippen LogP contribution is -2.23. The number of aromatic nitrogens is 4. The number of fused-ring (bicyclic) bond motifs is 1. The third-order valence-corrected chi connectivity index (χ3v) is 4.12. The zero-order chi connectivity index (χ0) is 14.1. The summed E-state index contributed by atoms with van der Waals surface area (Å²) in [7, 11) is 0. The number of hydrogen-bond donors (Lipinski definition) is 2. The standard InChI is InChI=1S/C13H18ClN5O/c1-9-13(14)12(16-15-9)7-18-3-2-4-19-11(6-18)5-10(8-20)17-19/h5,20H,2-4,6-8H2,1H3,(H,15,16). The van der Waals surface area contributed by atoms with E-state index in [9.17, 15) is 5.11 Å². The Morgan fingerprint density at radius 1 is 1.45 bits per heavy atom. The summed E-state index contributed by atoms with van der Waals surface area (Å²) in [5.41, 5.74) is 3.66. The van der Waals surface area contributed by atoms with Crippen molar-refractivity contribution in [2.24, 2.45) is 0 Å². The summed E-state index contributed by atoms with van der Waals surface area (Å²) in [5, 5.41) is 21.5. The van der Waals surface area contributed by atoms with Crippen molar-refractivity contribution in [2.45, 2.75) is 39.6 Å². The van der Waals surface area contributed by atoms with E-state index in [2.05, 4.69) is 20.2 Å². The van der Waals surface area contributed by atoms with Crippen LogP contribution in [0, 0.1) is 6.92 Å². The summed E-state index contributed by atoms with van der Waals surface area (Å²) < 4.78 is 1.99. The van der Waals surface area contributed by atoms with Crippen LogP contribution in [0.4, 0.5) is 0 Å². The monoisotopic (exact) mass is 295 g/mol. The second kappa shape index (κ2) is 5.55. The molecule has 0 radical (unpaired) electrons. The topological polar surface area (TPSA) is 70.0 Å². The molecule has 2 aromatic heterocycles. The highest BCUT2D eigenvalue weighted by molar-refractivity contribution is 6.31. The number of halogens is 1. The predicted octanol–water partition coefficient (Wildman–Crippen LogP) is 1.47. The Labute approximate surface area is 122 Å². The molecule has 20 heavy (non-hydrogen) atoms.